The van der Waals surface area contributed by atoms with Crippen LogP contribution in [0.3, 0.4) is 0 Å². The molecule has 1 saturated heterocycles. The first-order chi connectivity index (χ1) is 12.5. The number of benzene rings is 2. The van der Waals surface area contributed by atoms with Crippen LogP contribution in [0.2, 0.25) is 0 Å². The fraction of sp³-hybridized carbons (Fsp3) is 0.150. The summed E-state index contributed by atoms with van der Waals surface area (Å²) < 4.78 is 0.548. The highest BCUT2D eigenvalue weighted by molar-refractivity contribution is 8.26. The highest BCUT2D eigenvalue weighted by Gasteiger charge is 2.28. The number of thiocarbonyl (C=S) groups is 1. The van der Waals surface area contributed by atoms with Crippen LogP contribution in [0.4, 0.5) is 5.69 Å². The van der Waals surface area contributed by atoms with Crippen LogP contribution in [-0.2, 0) is 11.2 Å². The Bertz CT molecular complexity index is 904. The van der Waals surface area contributed by atoms with Crippen LogP contribution < -0.4 is 5.32 Å². The Labute approximate surface area is 162 Å². The maximum Gasteiger partial charge on any atom is 0.265 e. The van der Waals surface area contributed by atoms with Gasteiger partial charge in [-0.15, -0.1) is 0 Å². The number of thioether (sulfide) groups is 1. The van der Waals surface area contributed by atoms with Crippen LogP contribution in [0.15, 0.2) is 53.4 Å². The molecule has 0 saturated carbocycles. The van der Waals surface area contributed by atoms with Crippen LogP contribution in [0.5, 0.6) is 0 Å². The number of aryl methyl sites for hydroxylation is 1. The quantitative estimate of drug-likeness (QED) is 0.632. The lowest BCUT2D eigenvalue weighted by Gasteiger charge is -2.09. The molecule has 0 aromatic heterocycles. The van der Waals surface area contributed by atoms with E-state index in [0.717, 1.165) is 23.2 Å². The van der Waals surface area contributed by atoms with E-state index in [2.05, 4.69) is 12.2 Å². The number of anilines is 1. The van der Waals surface area contributed by atoms with Gasteiger partial charge < -0.3 is 5.32 Å². The predicted octanol–water partition coefficient (Wildman–Crippen LogP) is 4.33. The molecule has 0 bridgehead atoms. The maximum atomic E-state index is 12.5. The van der Waals surface area contributed by atoms with Crippen molar-refractivity contribution in [3.63, 3.8) is 0 Å². The van der Waals surface area contributed by atoms with Gasteiger partial charge in [0, 0.05) is 18.3 Å². The average molecular weight is 383 g/mol. The zero-order chi connectivity index (χ0) is 18.7. The summed E-state index contributed by atoms with van der Waals surface area (Å²) in [4.78, 5) is 26.6. The van der Waals surface area contributed by atoms with Gasteiger partial charge in [-0.3, -0.25) is 14.5 Å². The Morgan fingerprint density at radius 1 is 1.19 bits per heavy atom. The Balaban J connectivity index is 1.74. The molecule has 2 aromatic rings. The highest BCUT2D eigenvalue weighted by atomic mass is 32.2. The Kier molecular flexibility index (Phi) is 5.54. The number of nitrogens with zero attached hydrogens (tertiary/aromatic N) is 1. The van der Waals surface area contributed by atoms with Crippen molar-refractivity contribution in [1.29, 1.82) is 0 Å². The van der Waals surface area contributed by atoms with E-state index in [-0.39, 0.29) is 11.8 Å². The molecule has 6 heteroatoms. The summed E-state index contributed by atoms with van der Waals surface area (Å²) in [6.45, 7) is 2.05. The predicted molar refractivity (Wildman–Crippen MR) is 111 cm³/mol. The number of carbonyl (C=O) groups is 2. The normalized spacial score (nSPS) is 15.6. The number of amides is 2. The van der Waals surface area contributed by atoms with Crippen LogP contribution >= 0.6 is 24.0 Å². The molecule has 0 radical (unpaired) electrons. The number of hydrogen-bond donors (Lipinski definition) is 1. The summed E-state index contributed by atoms with van der Waals surface area (Å²) in [6, 6.07) is 14.9. The first kappa shape index (κ1) is 18.4. The minimum Gasteiger partial charge on any atom is -0.322 e. The molecular formula is C20H18N2O2S2. The van der Waals surface area contributed by atoms with Gasteiger partial charge in [-0.1, -0.05) is 61.2 Å². The summed E-state index contributed by atoms with van der Waals surface area (Å²) in [5.74, 6) is -0.254. The molecule has 0 aliphatic carbocycles. The third kappa shape index (κ3) is 3.86. The third-order valence-electron chi connectivity index (χ3n) is 4.10. The Morgan fingerprint density at radius 2 is 1.88 bits per heavy atom. The summed E-state index contributed by atoms with van der Waals surface area (Å²) >= 11 is 6.41. The smallest absolute Gasteiger partial charge is 0.265 e. The zero-order valence-corrected chi connectivity index (χ0v) is 16.1. The fourth-order valence-electron chi connectivity index (χ4n) is 2.57. The van der Waals surface area contributed by atoms with E-state index < -0.39 is 0 Å². The van der Waals surface area contributed by atoms with E-state index in [0.29, 0.717) is 14.8 Å². The third-order valence-corrected chi connectivity index (χ3v) is 5.59. The lowest BCUT2D eigenvalue weighted by Crippen LogP contribution is -2.22. The van der Waals surface area contributed by atoms with Crippen molar-refractivity contribution >= 4 is 51.9 Å². The van der Waals surface area contributed by atoms with Crippen LogP contribution in [0.1, 0.15) is 28.4 Å². The molecule has 3 rings (SSSR count). The molecule has 2 aromatic carbocycles. The van der Waals surface area contributed by atoms with E-state index in [9.17, 15) is 9.59 Å². The zero-order valence-electron chi connectivity index (χ0n) is 14.5. The molecule has 1 aliphatic heterocycles. The second-order valence-corrected chi connectivity index (χ2v) is 7.50. The van der Waals surface area contributed by atoms with Crippen molar-refractivity contribution < 1.29 is 9.59 Å². The van der Waals surface area contributed by atoms with E-state index in [4.69, 9.17) is 12.2 Å². The number of carbonyl (C=O) groups excluding carboxylic acids is 2. The van der Waals surface area contributed by atoms with Crippen molar-refractivity contribution in [1.82, 2.24) is 4.90 Å². The van der Waals surface area contributed by atoms with Gasteiger partial charge in [-0.25, -0.2) is 0 Å². The molecule has 0 spiro atoms. The van der Waals surface area contributed by atoms with Crippen molar-refractivity contribution in [2.24, 2.45) is 0 Å². The lowest BCUT2D eigenvalue weighted by molar-refractivity contribution is -0.121. The highest BCUT2D eigenvalue weighted by Crippen LogP contribution is 2.31. The second-order valence-electron chi connectivity index (χ2n) is 5.83. The minimum atomic E-state index is -0.155. The molecule has 26 heavy (non-hydrogen) atoms. The second kappa shape index (κ2) is 7.85. The van der Waals surface area contributed by atoms with Crippen molar-refractivity contribution in [3.05, 3.63) is 70.1 Å². The first-order valence-corrected chi connectivity index (χ1v) is 9.43. The summed E-state index contributed by atoms with van der Waals surface area (Å²) in [5.41, 5.74) is 3.34. The molecule has 1 heterocycles. The number of likely N-dealkylation sites (N-methyl/N-ethyl adjacent to an activating group) is 1. The number of nitrogens with one attached hydrogen (secondary N) is 1. The molecule has 0 atom stereocenters. The average Bonchev–Trinajstić information content (AvgIpc) is 2.89. The summed E-state index contributed by atoms with van der Waals surface area (Å²) in [6.07, 6.45) is 2.64. The number of para-hydroxylation sites is 1. The van der Waals surface area contributed by atoms with Gasteiger partial charge in [0.05, 0.1) is 4.91 Å². The van der Waals surface area contributed by atoms with Crippen LogP contribution in [-0.4, -0.2) is 28.1 Å². The Hall–Kier alpha value is -2.44. The van der Waals surface area contributed by atoms with Gasteiger partial charge in [0.25, 0.3) is 11.8 Å². The molecule has 1 N–H and O–H groups in total. The van der Waals surface area contributed by atoms with E-state index in [1.807, 2.05) is 36.4 Å². The summed E-state index contributed by atoms with van der Waals surface area (Å²) in [7, 11) is 1.67. The van der Waals surface area contributed by atoms with Gasteiger partial charge in [-0.05, 0) is 41.8 Å². The van der Waals surface area contributed by atoms with E-state index in [1.165, 1.54) is 16.7 Å². The lowest BCUT2D eigenvalue weighted by atomic mass is 10.1. The molecular weight excluding hydrogens is 364 g/mol. The minimum absolute atomic E-state index is 0.0991. The molecule has 0 unspecified atom stereocenters. The van der Waals surface area contributed by atoms with Gasteiger partial charge in [0.1, 0.15) is 4.32 Å². The standard InChI is InChI=1S/C20H18N2O2S2/c1-3-14-6-4-5-7-16(14)21-18(23)15-10-8-13(9-11-15)12-17-19(24)22(2)20(25)26-17/h4-12H,3H2,1-2H3,(H,21,23). The van der Waals surface area contributed by atoms with Gasteiger partial charge >= 0.3 is 0 Å². The van der Waals surface area contributed by atoms with E-state index in [1.54, 1.807) is 25.3 Å². The van der Waals surface area contributed by atoms with Crippen molar-refractivity contribution in [2.45, 2.75) is 13.3 Å². The molecule has 1 aliphatic rings. The largest absolute Gasteiger partial charge is 0.322 e. The van der Waals surface area contributed by atoms with Crippen LogP contribution in [0, 0.1) is 0 Å². The topological polar surface area (TPSA) is 49.4 Å². The maximum absolute atomic E-state index is 12.5. The monoisotopic (exact) mass is 382 g/mol. The number of rotatable bonds is 4. The van der Waals surface area contributed by atoms with Gasteiger partial charge in [-0.2, -0.15) is 0 Å². The summed E-state index contributed by atoms with van der Waals surface area (Å²) in [5, 5.41) is 2.95. The van der Waals surface area contributed by atoms with Crippen molar-refractivity contribution in [3.8, 4) is 0 Å². The Morgan fingerprint density at radius 3 is 2.50 bits per heavy atom. The molecule has 2 amide bonds. The first-order valence-electron chi connectivity index (χ1n) is 8.20. The van der Waals surface area contributed by atoms with Gasteiger partial charge in [0.15, 0.2) is 0 Å². The molecule has 1 fully saturated rings. The number of hydrogen-bond acceptors (Lipinski definition) is 4. The SMILES string of the molecule is CCc1ccccc1NC(=O)c1ccc(C=C2SC(=S)N(C)C2=O)cc1. The van der Waals surface area contributed by atoms with Crippen molar-refractivity contribution in [2.75, 3.05) is 12.4 Å². The fourth-order valence-corrected chi connectivity index (χ4v) is 3.75. The molecule has 132 valence electrons. The van der Waals surface area contributed by atoms with Gasteiger partial charge in [0.2, 0.25) is 0 Å². The molecule has 4 nitrogen and oxygen atoms in total. The van der Waals surface area contributed by atoms with E-state index >= 15 is 0 Å². The van der Waals surface area contributed by atoms with Crippen LogP contribution in [0.25, 0.3) is 6.08 Å².